The maximum atomic E-state index is 13.2. The molecule has 5 heteroatoms. The lowest BCUT2D eigenvalue weighted by atomic mass is 10.3. The lowest BCUT2D eigenvalue weighted by molar-refractivity contribution is 0.629. The molecule has 0 atom stereocenters. The molecule has 0 amide bonds. The molecule has 2 aromatic rings. The van der Waals surface area contributed by atoms with E-state index in [4.69, 9.17) is 11.6 Å². The van der Waals surface area contributed by atoms with E-state index in [0.29, 0.717) is 11.5 Å². The van der Waals surface area contributed by atoms with Gasteiger partial charge in [-0.2, -0.15) is 0 Å². The number of benzene rings is 1. The minimum atomic E-state index is -0.453. The summed E-state index contributed by atoms with van der Waals surface area (Å²) in [4.78, 5) is 4.31. The molecule has 0 unspecified atom stereocenters. The Morgan fingerprint density at radius 1 is 1.29 bits per heavy atom. The van der Waals surface area contributed by atoms with Crippen molar-refractivity contribution in [2.24, 2.45) is 0 Å². The maximum Gasteiger partial charge on any atom is 0.143 e. The maximum absolute atomic E-state index is 13.2. The molecule has 88 valence electrons. The van der Waals surface area contributed by atoms with Crippen LogP contribution in [0.4, 0.5) is 15.9 Å². The highest BCUT2D eigenvalue weighted by Crippen LogP contribution is 2.23. The summed E-state index contributed by atoms with van der Waals surface area (Å²) in [7, 11) is 0. The first kappa shape index (κ1) is 12.3. The van der Waals surface area contributed by atoms with Crippen LogP contribution in [-0.4, -0.2) is 4.98 Å². The molecule has 0 saturated carbocycles. The highest BCUT2D eigenvalue weighted by Gasteiger charge is 2.03. The number of aromatic nitrogens is 1. The molecular formula is C12H9BrClFN2. The third-order valence-electron chi connectivity index (χ3n) is 2.21. The van der Waals surface area contributed by atoms with Gasteiger partial charge in [-0.3, -0.25) is 0 Å². The van der Waals surface area contributed by atoms with E-state index in [1.54, 1.807) is 6.07 Å². The van der Waals surface area contributed by atoms with E-state index in [-0.39, 0.29) is 5.02 Å². The van der Waals surface area contributed by atoms with Gasteiger partial charge in [0, 0.05) is 10.2 Å². The number of anilines is 2. The summed E-state index contributed by atoms with van der Waals surface area (Å²) >= 11 is 8.97. The second-order valence-electron chi connectivity index (χ2n) is 3.52. The average Bonchev–Trinajstić information content (AvgIpc) is 2.29. The molecule has 1 aromatic heterocycles. The minimum Gasteiger partial charge on any atom is -0.340 e. The van der Waals surface area contributed by atoms with E-state index in [2.05, 4.69) is 26.2 Å². The number of halogens is 3. The summed E-state index contributed by atoms with van der Waals surface area (Å²) in [6, 6.07) is 8.23. The van der Waals surface area contributed by atoms with Gasteiger partial charge in [-0.25, -0.2) is 9.37 Å². The predicted molar refractivity (Wildman–Crippen MR) is 71.4 cm³/mol. The van der Waals surface area contributed by atoms with Crippen LogP contribution in [0.2, 0.25) is 5.02 Å². The van der Waals surface area contributed by atoms with Gasteiger partial charge in [0.25, 0.3) is 0 Å². The highest BCUT2D eigenvalue weighted by molar-refractivity contribution is 9.10. The van der Waals surface area contributed by atoms with Gasteiger partial charge in [-0.05, 0) is 53.2 Å². The number of rotatable bonds is 2. The summed E-state index contributed by atoms with van der Waals surface area (Å²) < 4.78 is 14.2. The van der Waals surface area contributed by atoms with Gasteiger partial charge in [0.2, 0.25) is 0 Å². The molecule has 0 aliphatic heterocycles. The van der Waals surface area contributed by atoms with Crippen LogP contribution in [0.3, 0.4) is 0 Å². The number of hydrogen-bond acceptors (Lipinski definition) is 2. The van der Waals surface area contributed by atoms with E-state index in [9.17, 15) is 4.39 Å². The SMILES string of the molecule is Cc1nc(Nc2ccc(Cl)c(F)c2)ccc1Br. The van der Waals surface area contributed by atoms with Crippen molar-refractivity contribution in [3.8, 4) is 0 Å². The zero-order valence-electron chi connectivity index (χ0n) is 8.97. The van der Waals surface area contributed by atoms with E-state index < -0.39 is 5.82 Å². The van der Waals surface area contributed by atoms with Crippen LogP contribution in [0, 0.1) is 12.7 Å². The molecule has 17 heavy (non-hydrogen) atoms. The molecule has 2 rings (SSSR count). The third kappa shape index (κ3) is 2.96. The fourth-order valence-electron chi connectivity index (χ4n) is 1.34. The highest BCUT2D eigenvalue weighted by atomic mass is 79.9. The van der Waals surface area contributed by atoms with Crippen LogP contribution in [0.1, 0.15) is 5.69 Å². The van der Waals surface area contributed by atoms with Crippen LogP contribution < -0.4 is 5.32 Å². The summed E-state index contributed by atoms with van der Waals surface area (Å²) in [5.41, 5.74) is 1.48. The quantitative estimate of drug-likeness (QED) is 0.869. The summed E-state index contributed by atoms with van der Waals surface area (Å²) in [6.45, 7) is 1.89. The fourth-order valence-corrected chi connectivity index (χ4v) is 1.67. The van der Waals surface area contributed by atoms with Crippen LogP contribution in [0.5, 0.6) is 0 Å². The molecule has 0 saturated heterocycles. The van der Waals surface area contributed by atoms with Gasteiger partial charge in [0.1, 0.15) is 11.6 Å². The van der Waals surface area contributed by atoms with Crippen LogP contribution >= 0.6 is 27.5 Å². The third-order valence-corrected chi connectivity index (χ3v) is 3.36. The van der Waals surface area contributed by atoms with Crippen molar-refractivity contribution in [1.82, 2.24) is 4.98 Å². The monoisotopic (exact) mass is 314 g/mol. The second-order valence-corrected chi connectivity index (χ2v) is 4.78. The van der Waals surface area contributed by atoms with Crippen molar-refractivity contribution < 1.29 is 4.39 Å². The Bertz CT molecular complexity index is 511. The first-order valence-electron chi connectivity index (χ1n) is 4.91. The van der Waals surface area contributed by atoms with E-state index >= 15 is 0 Å². The van der Waals surface area contributed by atoms with Crippen molar-refractivity contribution in [1.29, 1.82) is 0 Å². The van der Waals surface area contributed by atoms with Crippen LogP contribution in [0.15, 0.2) is 34.8 Å². The summed E-state index contributed by atoms with van der Waals surface area (Å²) in [5, 5.41) is 3.12. The Balaban J connectivity index is 2.25. The molecule has 1 aromatic carbocycles. The Morgan fingerprint density at radius 2 is 2.06 bits per heavy atom. The molecule has 0 fully saturated rings. The second kappa shape index (κ2) is 5.02. The smallest absolute Gasteiger partial charge is 0.143 e. The first-order chi connectivity index (χ1) is 8.06. The Morgan fingerprint density at radius 3 is 2.71 bits per heavy atom. The molecule has 1 heterocycles. The van der Waals surface area contributed by atoms with Crippen molar-refractivity contribution in [3.05, 3.63) is 51.3 Å². The molecule has 0 spiro atoms. The zero-order valence-corrected chi connectivity index (χ0v) is 11.3. The number of pyridine rings is 1. The van der Waals surface area contributed by atoms with E-state index in [0.717, 1.165) is 10.2 Å². The Kier molecular flexibility index (Phi) is 3.64. The van der Waals surface area contributed by atoms with Gasteiger partial charge in [-0.15, -0.1) is 0 Å². The average molecular weight is 316 g/mol. The largest absolute Gasteiger partial charge is 0.340 e. The van der Waals surface area contributed by atoms with Crippen LogP contribution in [0.25, 0.3) is 0 Å². The molecule has 1 N–H and O–H groups in total. The fraction of sp³-hybridized carbons (Fsp3) is 0.0833. The van der Waals surface area contributed by atoms with Crippen molar-refractivity contribution >= 4 is 39.0 Å². The number of hydrogen-bond donors (Lipinski definition) is 1. The lowest BCUT2D eigenvalue weighted by Gasteiger charge is -2.07. The molecule has 0 aliphatic rings. The first-order valence-corrected chi connectivity index (χ1v) is 6.08. The van der Waals surface area contributed by atoms with Gasteiger partial charge < -0.3 is 5.32 Å². The normalized spacial score (nSPS) is 10.4. The number of aryl methyl sites for hydroxylation is 1. The number of nitrogens with zero attached hydrogens (tertiary/aromatic N) is 1. The predicted octanol–water partition coefficient (Wildman–Crippen LogP) is 4.69. The molecule has 0 aliphatic carbocycles. The van der Waals surface area contributed by atoms with Crippen molar-refractivity contribution in [2.75, 3.05) is 5.32 Å². The topological polar surface area (TPSA) is 24.9 Å². The van der Waals surface area contributed by atoms with E-state index in [1.807, 2.05) is 19.1 Å². The van der Waals surface area contributed by atoms with Gasteiger partial charge in [0.05, 0.1) is 10.7 Å². The minimum absolute atomic E-state index is 0.107. The molecule has 2 nitrogen and oxygen atoms in total. The van der Waals surface area contributed by atoms with Crippen molar-refractivity contribution in [3.63, 3.8) is 0 Å². The van der Waals surface area contributed by atoms with Gasteiger partial charge in [0.15, 0.2) is 0 Å². The summed E-state index contributed by atoms with van der Waals surface area (Å²) in [6.07, 6.45) is 0. The Labute approximate surface area is 112 Å². The van der Waals surface area contributed by atoms with Gasteiger partial charge in [-0.1, -0.05) is 11.6 Å². The van der Waals surface area contributed by atoms with E-state index in [1.165, 1.54) is 12.1 Å². The lowest BCUT2D eigenvalue weighted by Crippen LogP contribution is -1.95. The van der Waals surface area contributed by atoms with Crippen LogP contribution in [-0.2, 0) is 0 Å². The zero-order chi connectivity index (χ0) is 12.4. The number of nitrogens with one attached hydrogen (secondary N) is 1. The molecule has 0 bridgehead atoms. The summed E-state index contributed by atoms with van der Waals surface area (Å²) in [5.74, 6) is 0.206. The Hall–Kier alpha value is -1.13. The standard InChI is InChI=1S/C12H9BrClFN2/c1-7-9(13)3-5-12(16-7)17-8-2-4-10(14)11(15)6-8/h2-6H,1H3,(H,16,17). The van der Waals surface area contributed by atoms with Gasteiger partial charge >= 0.3 is 0 Å². The molecule has 0 radical (unpaired) electrons. The van der Waals surface area contributed by atoms with Crippen molar-refractivity contribution in [2.45, 2.75) is 6.92 Å². The molecular weight excluding hydrogens is 307 g/mol.